The Morgan fingerprint density at radius 3 is 2.81 bits per heavy atom. The molecule has 0 fully saturated rings. The van der Waals surface area contributed by atoms with Gasteiger partial charge in [0.15, 0.2) is 5.82 Å². The number of anilines is 2. The third-order valence-electron chi connectivity index (χ3n) is 6.42. The second-order valence-corrected chi connectivity index (χ2v) is 9.76. The van der Waals surface area contributed by atoms with Gasteiger partial charge in [0, 0.05) is 34.4 Å². The maximum absolute atomic E-state index is 13.8. The largest absolute Gasteiger partial charge is 0.489 e. The van der Waals surface area contributed by atoms with E-state index in [2.05, 4.69) is 25.3 Å². The Kier molecular flexibility index (Phi) is 5.90. The highest BCUT2D eigenvalue weighted by molar-refractivity contribution is 7.19. The number of aromatic amines is 1. The number of carbonyl (C=O) groups excluding carboxylic acids is 1. The quantitative estimate of drug-likeness (QED) is 0.272. The fourth-order valence-electron chi connectivity index (χ4n) is 4.57. The average Bonchev–Trinajstić information content (AvgIpc) is 3.57. The first-order valence-electron chi connectivity index (χ1n) is 11.7. The van der Waals surface area contributed by atoms with Gasteiger partial charge in [-0.1, -0.05) is 18.2 Å². The van der Waals surface area contributed by atoms with E-state index in [1.165, 1.54) is 16.5 Å². The van der Waals surface area contributed by atoms with Crippen LogP contribution in [0.2, 0.25) is 0 Å². The molecule has 3 aromatic heterocycles. The molecular weight excluding hydrogens is 477 g/mol. The first-order valence-corrected chi connectivity index (χ1v) is 12.5. The molecule has 0 radical (unpaired) electrons. The molecule has 0 saturated heterocycles. The Bertz CT molecular complexity index is 1530. The van der Waals surface area contributed by atoms with Gasteiger partial charge in [-0.15, -0.1) is 11.3 Å². The maximum Gasteiger partial charge on any atom is 0.201 e. The van der Waals surface area contributed by atoms with Crippen LogP contribution in [-0.4, -0.2) is 25.7 Å². The van der Waals surface area contributed by atoms with Crippen LogP contribution in [-0.2, 0) is 19.4 Å². The van der Waals surface area contributed by atoms with Crippen LogP contribution < -0.4 is 10.1 Å². The minimum atomic E-state index is -0.278. The summed E-state index contributed by atoms with van der Waals surface area (Å²) in [4.78, 5) is 31.0. The van der Waals surface area contributed by atoms with Crippen molar-refractivity contribution < 1.29 is 13.9 Å². The van der Waals surface area contributed by atoms with Gasteiger partial charge in [-0.05, 0) is 55.2 Å². The molecule has 7 nitrogen and oxygen atoms in total. The molecule has 1 aliphatic carbocycles. The Hall–Kier alpha value is -4.11. The average molecular weight is 500 g/mol. The number of H-pyrrole nitrogens is 1. The molecule has 0 bridgehead atoms. The fraction of sp³-hybridized carbons (Fsp3) is 0.185. The summed E-state index contributed by atoms with van der Waals surface area (Å²) in [5.41, 5.74) is 2.58. The monoisotopic (exact) mass is 499 g/mol. The molecule has 2 N–H and O–H groups in total. The normalized spacial score (nSPS) is 15.0. The number of carbonyl (C=O) groups is 1. The molecule has 9 heteroatoms. The zero-order valence-corrected chi connectivity index (χ0v) is 20.0. The van der Waals surface area contributed by atoms with Gasteiger partial charge in [0.1, 0.15) is 35.1 Å². The van der Waals surface area contributed by atoms with Gasteiger partial charge < -0.3 is 15.0 Å². The van der Waals surface area contributed by atoms with Crippen molar-refractivity contribution in [3.05, 3.63) is 94.9 Å². The number of ether oxygens (including phenoxy) is 1. The van der Waals surface area contributed by atoms with Crippen LogP contribution in [0.1, 0.15) is 33.0 Å². The number of ketones is 1. The Morgan fingerprint density at radius 1 is 1.14 bits per heavy atom. The van der Waals surface area contributed by atoms with Crippen LogP contribution in [0.4, 0.5) is 15.9 Å². The van der Waals surface area contributed by atoms with Gasteiger partial charge in [0.05, 0.1) is 5.39 Å². The van der Waals surface area contributed by atoms with Crippen molar-refractivity contribution in [3.63, 3.8) is 0 Å². The van der Waals surface area contributed by atoms with Crippen LogP contribution >= 0.6 is 11.3 Å². The second kappa shape index (κ2) is 9.50. The van der Waals surface area contributed by atoms with E-state index in [1.54, 1.807) is 48.3 Å². The van der Waals surface area contributed by atoms with Crippen molar-refractivity contribution in [2.75, 3.05) is 5.32 Å². The molecule has 36 heavy (non-hydrogen) atoms. The Morgan fingerprint density at radius 2 is 2.00 bits per heavy atom. The highest BCUT2D eigenvalue weighted by Gasteiger charge is 2.30. The highest BCUT2D eigenvalue weighted by atomic mass is 32.1. The van der Waals surface area contributed by atoms with E-state index in [-0.39, 0.29) is 24.1 Å². The molecule has 0 aliphatic heterocycles. The van der Waals surface area contributed by atoms with Gasteiger partial charge in [-0.25, -0.2) is 19.3 Å². The molecule has 6 rings (SSSR count). The van der Waals surface area contributed by atoms with Crippen molar-refractivity contribution in [1.29, 1.82) is 0 Å². The van der Waals surface area contributed by atoms with Crippen molar-refractivity contribution in [2.45, 2.75) is 25.9 Å². The number of nitrogens with zero attached hydrogens (tertiary/aromatic N) is 3. The number of nitrogens with one attached hydrogen (secondary N) is 2. The highest BCUT2D eigenvalue weighted by Crippen LogP contribution is 2.41. The van der Waals surface area contributed by atoms with Crippen LogP contribution in [0, 0.1) is 11.7 Å². The third-order valence-corrected chi connectivity index (χ3v) is 7.58. The molecule has 180 valence electrons. The maximum atomic E-state index is 13.8. The zero-order chi connectivity index (χ0) is 24.5. The minimum absolute atomic E-state index is 0.0600. The number of fused-ring (bicyclic) bond motifs is 3. The number of aryl methyl sites for hydroxylation is 1. The standard InChI is InChI=1S/C27H22FN5O2S/c28-21-4-2-1-3-17(21)14-35-19-8-6-18(7-9-19)33-25-23-20-10-5-16(24(34)26-29-11-12-30-26)13-22(20)36-27(23)32-15-31-25/h1-4,6-9,11-12,15-16H,5,10,13-14H2,(H,29,30)(H,31,32,33). The first kappa shape index (κ1) is 22.4. The number of thiophene rings is 1. The molecule has 2 aromatic carbocycles. The lowest BCUT2D eigenvalue weighted by Crippen LogP contribution is -2.22. The van der Waals surface area contributed by atoms with E-state index < -0.39 is 0 Å². The van der Waals surface area contributed by atoms with E-state index in [0.29, 0.717) is 23.6 Å². The lowest BCUT2D eigenvalue weighted by molar-refractivity contribution is 0.0900. The molecule has 0 amide bonds. The Labute approximate surface area is 210 Å². The van der Waals surface area contributed by atoms with E-state index in [9.17, 15) is 9.18 Å². The summed E-state index contributed by atoms with van der Waals surface area (Å²) < 4.78 is 19.6. The van der Waals surface area contributed by atoms with Crippen molar-refractivity contribution >= 4 is 38.8 Å². The lowest BCUT2D eigenvalue weighted by atomic mass is 9.85. The van der Waals surface area contributed by atoms with Crippen LogP contribution in [0.25, 0.3) is 10.2 Å². The number of benzene rings is 2. The molecule has 3 heterocycles. The SMILES string of the molecule is O=C(c1ncc[nH]1)C1CCc2c(sc3ncnc(Nc4ccc(OCc5ccccc5F)cc4)c23)C1. The Balaban J connectivity index is 1.19. The predicted molar refractivity (Wildman–Crippen MR) is 136 cm³/mol. The topological polar surface area (TPSA) is 92.8 Å². The molecular formula is C27H22FN5O2S. The number of Topliss-reactive ketones (excluding diaryl/α,β-unsaturated/α-hetero) is 1. The van der Waals surface area contributed by atoms with Crippen LogP contribution in [0.15, 0.2) is 67.3 Å². The summed E-state index contributed by atoms with van der Waals surface area (Å²) in [6.07, 6.45) is 7.08. The first-order chi connectivity index (χ1) is 17.7. The molecule has 0 saturated carbocycles. The van der Waals surface area contributed by atoms with E-state index in [1.807, 2.05) is 24.3 Å². The number of hydrogen-bond acceptors (Lipinski definition) is 7. The molecule has 0 spiro atoms. The van der Waals surface area contributed by atoms with Gasteiger partial charge in [-0.3, -0.25) is 4.79 Å². The molecule has 5 aromatic rings. The van der Waals surface area contributed by atoms with Gasteiger partial charge in [0.2, 0.25) is 5.78 Å². The number of rotatable bonds is 7. The lowest BCUT2D eigenvalue weighted by Gasteiger charge is -2.20. The second-order valence-electron chi connectivity index (χ2n) is 8.68. The van der Waals surface area contributed by atoms with Gasteiger partial charge >= 0.3 is 0 Å². The molecule has 1 aliphatic rings. The minimum Gasteiger partial charge on any atom is -0.489 e. The van der Waals surface area contributed by atoms with E-state index >= 15 is 0 Å². The predicted octanol–water partition coefficient (Wildman–Crippen LogP) is 5.86. The van der Waals surface area contributed by atoms with Gasteiger partial charge in [0.25, 0.3) is 0 Å². The van der Waals surface area contributed by atoms with Crippen molar-refractivity contribution in [2.24, 2.45) is 5.92 Å². The van der Waals surface area contributed by atoms with Gasteiger partial charge in [-0.2, -0.15) is 0 Å². The van der Waals surface area contributed by atoms with E-state index in [0.717, 1.165) is 34.6 Å². The fourth-order valence-corrected chi connectivity index (χ4v) is 5.84. The number of hydrogen-bond donors (Lipinski definition) is 2. The summed E-state index contributed by atoms with van der Waals surface area (Å²) in [5, 5.41) is 4.42. The smallest absolute Gasteiger partial charge is 0.201 e. The van der Waals surface area contributed by atoms with Crippen LogP contribution in [0.5, 0.6) is 5.75 Å². The van der Waals surface area contributed by atoms with Crippen molar-refractivity contribution in [3.8, 4) is 5.75 Å². The molecule has 1 atom stereocenters. The molecule has 1 unspecified atom stereocenters. The third kappa shape index (κ3) is 4.33. The summed E-state index contributed by atoms with van der Waals surface area (Å²) in [5.74, 6) is 1.51. The zero-order valence-electron chi connectivity index (χ0n) is 19.2. The number of halogens is 1. The summed E-state index contributed by atoms with van der Waals surface area (Å²) >= 11 is 1.63. The number of aromatic nitrogens is 4. The van der Waals surface area contributed by atoms with Crippen LogP contribution in [0.3, 0.4) is 0 Å². The number of imidazole rings is 1. The van der Waals surface area contributed by atoms with Crippen molar-refractivity contribution in [1.82, 2.24) is 19.9 Å². The summed E-state index contributed by atoms with van der Waals surface area (Å²) in [6.45, 7) is 0.163. The van der Waals surface area contributed by atoms with E-state index in [4.69, 9.17) is 4.74 Å². The summed E-state index contributed by atoms with van der Waals surface area (Å²) in [7, 11) is 0. The summed E-state index contributed by atoms with van der Waals surface area (Å²) in [6, 6.07) is 14.1.